The molecule has 2 saturated heterocycles. The molecule has 2 aliphatic heterocycles. The minimum Gasteiger partial charge on any atom is -0.368 e. The van der Waals surface area contributed by atoms with Crippen molar-refractivity contribution < 1.29 is 4.79 Å². The summed E-state index contributed by atoms with van der Waals surface area (Å²) < 4.78 is 0. The van der Waals surface area contributed by atoms with Gasteiger partial charge in [0, 0.05) is 18.3 Å². The maximum absolute atomic E-state index is 13.1. The first-order valence-corrected chi connectivity index (χ1v) is 9.92. The Balaban J connectivity index is 1.65. The highest BCUT2D eigenvalue weighted by Crippen LogP contribution is 2.36. The van der Waals surface area contributed by atoms with Crippen molar-refractivity contribution in [2.45, 2.75) is 38.1 Å². The van der Waals surface area contributed by atoms with Crippen LogP contribution in [0.1, 0.15) is 43.8 Å². The molecule has 2 N–H and O–H groups in total. The molecular formula is C21H27N5O. The van der Waals surface area contributed by atoms with E-state index in [-0.39, 0.29) is 17.9 Å². The molecule has 6 nitrogen and oxygen atoms in total. The lowest BCUT2D eigenvalue weighted by molar-refractivity contribution is -0.136. The molecule has 6 heteroatoms. The average molecular weight is 365 g/mol. The normalized spacial score (nSPS) is 20.7. The molecule has 0 spiro atoms. The lowest BCUT2D eigenvalue weighted by atomic mass is 9.93. The average Bonchev–Trinajstić information content (AvgIpc) is 3.21. The zero-order chi connectivity index (χ0) is 18.6. The molecule has 2 aromatic rings. The Labute approximate surface area is 160 Å². The number of amides is 1. The maximum Gasteiger partial charge on any atom is 0.237 e. The van der Waals surface area contributed by atoms with Crippen molar-refractivity contribution in [1.29, 1.82) is 0 Å². The van der Waals surface area contributed by atoms with Crippen molar-refractivity contribution in [3.8, 4) is 11.1 Å². The van der Waals surface area contributed by atoms with Crippen molar-refractivity contribution in [2.75, 3.05) is 31.9 Å². The van der Waals surface area contributed by atoms with Gasteiger partial charge < -0.3 is 10.6 Å². The zero-order valence-corrected chi connectivity index (χ0v) is 15.7. The van der Waals surface area contributed by atoms with Gasteiger partial charge in [0.05, 0.1) is 18.3 Å². The SMILES string of the molecule is Nc1ncc(-c2ccccc2)c([C@@H]2CCCCN2C(=O)CN2CCCC2)n1. The van der Waals surface area contributed by atoms with Gasteiger partial charge in [0.2, 0.25) is 11.9 Å². The molecule has 2 fully saturated rings. The fourth-order valence-electron chi connectivity index (χ4n) is 4.24. The summed E-state index contributed by atoms with van der Waals surface area (Å²) in [6, 6.07) is 10.1. The van der Waals surface area contributed by atoms with Gasteiger partial charge in [-0.1, -0.05) is 30.3 Å². The number of likely N-dealkylation sites (tertiary alicyclic amines) is 2. The zero-order valence-electron chi connectivity index (χ0n) is 15.7. The number of nitrogens with zero attached hydrogens (tertiary/aromatic N) is 4. The Kier molecular flexibility index (Phi) is 5.34. The Hall–Kier alpha value is -2.47. The van der Waals surface area contributed by atoms with E-state index < -0.39 is 0 Å². The number of aromatic nitrogens is 2. The Morgan fingerprint density at radius 1 is 1.07 bits per heavy atom. The monoisotopic (exact) mass is 365 g/mol. The van der Waals surface area contributed by atoms with E-state index >= 15 is 0 Å². The Morgan fingerprint density at radius 2 is 1.81 bits per heavy atom. The number of hydrogen-bond donors (Lipinski definition) is 1. The van der Waals surface area contributed by atoms with E-state index in [1.807, 2.05) is 23.1 Å². The summed E-state index contributed by atoms with van der Waals surface area (Å²) in [6.07, 6.45) is 7.24. The first-order valence-electron chi connectivity index (χ1n) is 9.92. The maximum atomic E-state index is 13.1. The molecule has 4 rings (SSSR count). The topological polar surface area (TPSA) is 75.3 Å². The van der Waals surface area contributed by atoms with E-state index in [0.717, 1.165) is 55.7 Å². The molecule has 1 amide bonds. The lowest BCUT2D eigenvalue weighted by Gasteiger charge is -2.37. The number of rotatable bonds is 4. The first-order chi connectivity index (χ1) is 13.2. The van der Waals surface area contributed by atoms with E-state index in [0.29, 0.717) is 6.54 Å². The molecule has 0 bridgehead atoms. The molecule has 142 valence electrons. The van der Waals surface area contributed by atoms with E-state index in [9.17, 15) is 4.79 Å². The molecule has 0 unspecified atom stereocenters. The van der Waals surface area contributed by atoms with Gasteiger partial charge in [-0.25, -0.2) is 9.97 Å². The van der Waals surface area contributed by atoms with Gasteiger partial charge in [-0.2, -0.15) is 0 Å². The molecule has 1 aromatic carbocycles. The summed E-state index contributed by atoms with van der Waals surface area (Å²) in [6.45, 7) is 3.35. The Morgan fingerprint density at radius 3 is 2.59 bits per heavy atom. The van der Waals surface area contributed by atoms with Crippen LogP contribution in [0.3, 0.4) is 0 Å². The summed E-state index contributed by atoms with van der Waals surface area (Å²) in [7, 11) is 0. The third kappa shape index (κ3) is 3.95. The van der Waals surface area contributed by atoms with Gasteiger partial charge >= 0.3 is 0 Å². The molecule has 3 heterocycles. The number of anilines is 1. The van der Waals surface area contributed by atoms with Crippen molar-refractivity contribution in [3.63, 3.8) is 0 Å². The van der Waals surface area contributed by atoms with Crippen LogP contribution in [0.25, 0.3) is 11.1 Å². The number of nitrogen functional groups attached to an aromatic ring is 1. The summed E-state index contributed by atoms with van der Waals surface area (Å²) in [5, 5.41) is 0. The second kappa shape index (κ2) is 8.05. The van der Waals surface area contributed by atoms with Crippen LogP contribution in [0.15, 0.2) is 36.5 Å². The lowest BCUT2D eigenvalue weighted by Crippen LogP contribution is -2.44. The number of nitrogens with two attached hydrogens (primary N) is 1. The highest BCUT2D eigenvalue weighted by atomic mass is 16.2. The van der Waals surface area contributed by atoms with Gasteiger partial charge in [-0.3, -0.25) is 9.69 Å². The third-order valence-electron chi connectivity index (χ3n) is 5.62. The molecule has 27 heavy (non-hydrogen) atoms. The van der Waals surface area contributed by atoms with Crippen molar-refractivity contribution >= 4 is 11.9 Å². The number of benzene rings is 1. The van der Waals surface area contributed by atoms with E-state index in [2.05, 4.69) is 27.0 Å². The summed E-state index contributed by atoms with van der Waals surface area (Å²) in [5.41, 5.74) is 8.84. The number of hydrogen-bond acceptors (Lipinski definition) is 5. The fraction of sp³-hybridized carbons (Fsp3) is 0.476. The quantitative estimate of drug-likeness (QED) is 0.902. The molecule has 2 aliphatic rings. The van der Waals surface area contributed by atoms with Crippen LogP contribution in [0.5, 0.6) is 0 Å². The molecule has 1 atom stereocenters. The summed E-state index contributed by atoms with van der Waals surface area (Å²) >= 11 is 0. The molecule has 0 saturated carbocycles. The van der Waals surface area contributed by atoms with Crippen LogP contribution < -0.4 is 5.73 Å². The smallest absolute Gasteiger partial charge is 0.237 e. The fourth-order valence-corrected chi connectivity index (χ4v) is 4.24. The molecular weight excluding hydrogens is 338 g/mol. The van der Waals surface area contributed by atoms with E-state index in [4.69, 9.17) is 5.73 Å². The number of carbonyl (C=O) groups is 1. The second-order valence-electron chi connectivity index (χ2n) is 7.48. The van der Waals surface area contributed by atoms with E-state index in [1.165, 1.54) is 12.8 Å². The third-order valence-corrected chi connectivity index (χ3v) is 5.62. The van der Waals surface area contributed by atoms with Crippen molar-refractivity contribution in [1.82, 2.24) is 19.8 Å². The minimum atomic E-state index is -0.0330. The van der Waals surface area contributed by atoms with Crippen molar-refractivity contribution in [2.24, 2.45) is 0 Å². The van der Waals surface area contributed by atoms with Crippen LogP contribution in [-0.2, 0) is 4.79 Å². The molecule has 1 aromatic heterocycles. The number of piperidine rings is 1. The predicted molar refractivity (Wildman–Crippen MR) is 106 cm³/mol. The minimum absolute atomic E-state index is 0.0330. The van der Waals surface area contributed by atoms with Crippen LogP contribution in [0.2, 0.25) is 0 Å². The van der Waals surface area contributed by atoms with Crippen LogP contribution in [0.4, 0.5) is 5.95 Å². The van der Waals surface area contributed by atoms with Gasteiger partial charge in [0.1, 0.15) is 0 Å². The van der Waals surface area contributed by atoms with Crippen LogP contribution >= 0.6 is 0 Å². The summed E-state index contributed by atoms with van der Waals surface area (Å²) in [4.78, 5) is 26.2. The van der Waals surface area contributed by atoms with Gasteiger partial charge in [0.15, 0.2) is 0 Å². The number of carbonyl (C=O) groups excluding carboxylic acids is 1. The molecule has 0 radical (unpaired) electrons. The van der Waals surface area contributed by atoms with Gasteiger partial charge in [-0.15, -0.1) is 0 Å². The largest absolute Gasteiger partial charge is 0.368 e. The van der Waals surface area contributed by atoms with E-state index in [1.54, 1.807) is 6.20 Å². The van der Waals surface area contributed by atoms with Gasteiger partial charge in [-0.05, 0) is 50.8 Å². The predicted octanol–water partition coefficient (Wildman–Crippen LogP) is 2.88. The highest BCUT2D eigenvalue weighted by molar-refractivity contribution is 5.79. The first kappa shape index (κ1) is 17.9. The van der Waals surface area contributed by atoms with Crippen molar-refractivity contribution in [3.05, 3.63) is 42.2 Å². The highest BCUT2D eigenvalue weighted by Gasteiger charge is 2.32. The molecule has 0 aliphatic carbocycles. The van der Waals surface area contributed by atoms with Crippen LogP contribution in [-0.4, -0.2) is 51.9 Å². The van der Waals surface area contributed by atoms with Crippen LogP contribution in [0, 0.1) is 0 Å². The summed E-state index contributed by atoms with van der Waals surface area (Å²) in [5.74, 6) is 0.472. The second-order valence-corrected chi connectivity index (χ2v) is 7.48. The Bertz CT molecular complexity index is 788. The van der Waals surface area contributed by atoms with Gasteiger partial charge in [0.25, 0.3) is 0 Å². The standard InChI is InChI=1S/C21H27N5O/c22-21-23-14-17(16-8-2-1-3-9-16)20(24-21)18-10-4-5-13-26(18)19(27)15-25-11-6-7-12-25/h1-3,8-9,14,18H,4-7,10-13,15H2,(H2,22,23,24)/t18-/m0/s1.